The van der Waals surface area contributed by atoms with Gasteiger partial charge in [-0.3, -0.25) is 4.79 Å². The van der Waals surface area contributed by atoms with Gasteiger partial charge < -0.3 is 9.80 Å². The Bertz CT molecular complexity index is 1130. The van der Waals surface area contributed by atoms with Gasteiger partial charge in [-0.15, -0.1) is 0 Å². The zero-order valence-electron chi connectivity index (χ0n) is 18.3. The van der Waals surface area contributed by atoms with Crippen LogP contribution in [0.15, 0.2) is 48.5 Å². The van der Waals surface area contributed by atoms with Crippen LogP contribution in [0.25, 0.3) is 0 Å². The number of piperazine rings is 1. The van der Waals surface area contributed by atoms with Crippen LogP contribution in [0.4, 0.5) is 10.2 Å². The van der Waals surface area contributed by atoms with Crippen molar-refractivity contribution in [1.29, 1.82) is 0 Å². The minimum Gasteiger partial charge on any atom is -0.353 e. The Kier molecular flexibility index (Phi) is 6.70. The van der Waals surface area contributed by atoms with Gasteiger partial charge >= 0.3 is 0 Å². The first-order valence-electron chi connectivity index (χ1n) is 10.8. The van der Waals surface area contributed by atoms with Gasteiger partial charge in [-0.1, -0.05) is 36.7 Å². The smallest absolute Gasteiger partial charge is 0.254 e. The fourth-order valence-electron chi connectivity index (χ4n) is 4.15. The molecule has 1 fully saturated rings. The molecule has 5 nitrogen and oxygen atoms in total. The van der Waals surface area contributed by atoms with Gasteiger partial charge in [0.15, 0.2) is 0 Å². The molecule has 2 aromatic carbocycles. The van der Waals surface area contributed by atoms with Gasteiger partial charge in [-0.25, -0.2) is 14.4 Å². The van der Waals surface area contributed by atoms with E-state index in [0.29, 0.717) is 43.2 Å². The lowest BCUT2D eigenvalue weighted by molar-refractivity contribution is 0.0746. The molecule has 0 atom stereocenters. The van der Waals surface area contributed by atoms with E-state index in [-0.39, 0.29) is 11.7 Å². The number of nitrogens with zero attached hydrogens (tertiary/aromatic N) is 4. The first-order chi connectivity index (χ1) is 15.4. The molecule has 32 heavy (non-hydrogen) atoms. The van der Waals surface area contributed by atoms with E-state index in [2.05, 4.69) is 16.8 Å². The van der Waals surface area contributed by atoms with Crippen LogP contribution in [0.3, 0.4) is 0 Å². The molecule has 0 saturated carbocycles. The van der Waals surface area contributed by atoms with Gasteiger partial charge in [0.25, 0.3) is 5.91 Å². The van der Waals surface area contributed by atoms with Crippen molar-refractivity contribution >= 4 is 23.3 Å². The fraction of sp³-hybridized carbons (Fsp3) is 0.320. The van der Waals surface area contributed by atoms with Crippen LogP contribution in [0, 0.1) is 12.7 Å². The van der Waals surface area contributed by atoms with Crippen LogP contribution < -0.4 is 4.90 Å². The standard InChI is InChI=1S/C25H26ClFN4O/c1-3-23-22(15-18-6-4-9-21(27)14-18)24(29-17(2)28-23)30-10-12-31(13-11-30)25(32)19-7-5-8-20(26)16-19/h4-9,14,16H,3,10-13,15H2,1-2H3. The van der Waals surface area contributed by atoms with Gasteiger partial charge in [0.1, 0.15) is 17.5 Å². The predicted octanol–water partition coefficient (Wildman–Crippen LogP) is 4.69. The number of halogens is 2. The SMILES string of the molecule is CCc1nc(C)nc(N2CCN(C(=O)c3cccc(Cl)c3)CC2)c1Cc1cccc(F)c1. The largest absolute Gasteiger partial charge is 0.353 e. The maximum absolute atomic E-state index is 13.8. The van der Waals surface area contributed by atoms with Crippen LogP contribution in [-0.2, 0) is 12.8 Å². The van der Waals surface area contributed by atoms with Crippen molar-refractivity contribution in [3.05, 3.63) is 87.6 Å². The molecule has 0 N–H and O–H groups in total. The normalized spacial score (nSPS) is 14.0. The summed E-state index contributed by atoms with van der Waals surface area (Å²) in [6, 6.07) is 13.7. The summed E-state index contributed by atoms with van der Waals surface area (Å²) in [5.41, 5.74) is 3.50. The Hall–Kier alpha value is -2.99. The zero-order valence-corrected chi connectivity index (χ0v) is 19.1. The molecule has 0 unspecified atom stereocenters. The lowest BCUT2D eigenvalue weighted by Crippen LogP contribution is -2.49. The maximum atomic E-state index is 13.8. The second kappa shape index (κ2) is 9.65. The number of aromatic nitrogens is 2. The van der Waals surface area contributed by atoms with Crippen molar-refractivity contribution < 1.29 is 9.18 Å². The summed E-state index contributed by atoms with van der Waals surface area (Å²) in [4.78, 5) is 26.4. The Morgan fingerprint density at radius 1 is 1.06 bits per heavy atom. The highest BCUT2D eigenvalue weighted by Gasteiger charge is 2.26. The van der Waals surface area contributed by atoms with Crippen LogP contribution in [0.5, 0.6) is 0 Å². The van der Waals surface area contributed by atoms with Crippen molar-refractivity contribution in [2.45, 2.75) is 26.7 Å². The molecule has 166 valence electrons. The first-order valence-corrected chi connectivity index (χ1v) is 11.2. The number of benzene rings is 2. The van der Waals surface area contributed by atoms with Gasteiger partial charge in [0.2, 0.25) is 0 Å². The summed E-state index contributed by atoms with van der Waals surface area (Å²) in [6.45, 7) is 6.49. The zero-order chi connectivity index (χ0) is 22.7. The predicted molar refractivity (Wildman–Crippen MR) is 125 cm³/mol. The Morgan fingerprint density at radius 2 is 1.81 bits per heavy atom. The topological polar surface area (TPSA) is 49.3 Å². The third kappa shape index (κ3) is 4.91. The molecule has 0 spiro atoms. The fourth-order valence-corrected chi connectivity index (χ4v) is 4.34. The highest BCUT2D eigenvalue weighted by atomic mass is 35.5. The Labute approximate surface area is 192 Å². The van der Waals surface area contributed by atoms with E-state index >= 15 is 0 Å². The highest BCUT2D eigenvalue weighted by molar-refractivity contribution is 6.30. The van der Waals surface area contributed by atoms with Gasteiger partial charge in [-0.05, 0) is 49.2 Å². The van der Waals surface area contributed by atoms with E-state index in [9.17, 15) is 9.18 Å². The molecule has 0 aliphatic carbocycles. The summed E-state index contributed by atoms with van der Waals surface area (Å²) < 4.78 is 13.8. The lowest BCUT2D eigenvalue weighted by Gasteiger charge is -2.36. The molecule has 7 heteroatoms. The second-order valence-electron chi connectivity index (χ2n) is 7.97. The quantitative estimate of drug-likeness (QED) is 0.563. The number of rotatable bonds is 5. The average Bonchev–Trinajstić information content (AvgIpc) is 2.79. The highest BCUT2D eigenvalue weighted by Crippen LogP contribution is 2.26. The monoisotopic (exact) mass is 452 g/mol. The number of amides is 1. The summed E-state index contributed by atoms with van der Waals surface area (Å²) in [6.07, 6.45) is 1.34. The van der Waals surface area contributed by atoms with Crippen LogP contribution in [0.1, 0.15) is 39.9 Å². The average molecular weight is 453 g/mol. The van der Waals surface area contributed by atoms with Gasteiger partial charge in [-0.2, -0.15) is 0 Å². The van der Waals surface area contributed by atoms with E-state index in [1.54, 1.807) is 36.4 Å². The maximum Gasteiger partial charge on any atom is 0.254 e. The first kappa shape index (κ1) is 22.2. The van der Waals surface area contributed by atoms with Crippen molar-refractivity contribution in [3.63, 3.8) is 0 Å². The van der Waals surface area contributed by atoms with Gasteiger partial charge in [0, 0.05) is 54.4 Å². The third-order valence-electron chi connectivity index (χ3n) is 5.73. The number of hydrogen-bond acceptors (Lipinski definition) is 4. The molecule has 1 aliphatic heterocycles. The van der Waals surface area contributed by atoms with Crippen LogP contribution in [0.2, 0.25) is 5.02 Å². The van der Waals surface area contributed by atoms with Crippen molar-refractivity contribution in [2.75, 3.05) is 31.1 Å². The molecule has 1 aromatic heterocycles. The lowest BCUT2D eigenvalue weighted by atomic mass is 10.0. The number of hydrogen-bond donors (Lipinski definition) is 0. The molecular formula is C25H26ClFN4O. The molecule has 3 aromatic rings. The van der Waals surface area contributed by atoms with E-state index in [0.717, 1.165) is 34.9 Å². The van der Waals surface area contributed by atoms with Crippen LogP contribution in [-0.4, -0.2) is 47.0 Å². The Morgan fingerprint density at radius 3 is 2.50 bits per heavy atom. The second-order valence-corrected chi connectivity index (χ2v) is 8.41. The van der Waals surface area contributed by atoms with Gasteiger partial charge in [0.05, 0.1) is 0 Å². The summed E-state index contributed by atoms with van der Waals surface area (Å²) in [7, 11) is 0. The number of aryl methyl sites for hydroxylation is 2. The molecule has 1 amide bonds. The number of carbonyl (C=O) groups is 1. The molecule has 0 radical (unpaired) electrons. The van der Waals surface area contributed by atoms with E-state index in [4.69, 9.17) is 16.6 Å². The minimum atomic E-state index is -0.247. The molecule has 4 rings (SSSR count). The molecule has 0 bridgehead atoms. The molecule has 1 aliphatic rings. The van der Waals surface area contributed by atoms with E-state index in [1.807, 2.05) is 17.9 Å². The minimum absolute atomic E-state index is 0.0137. The molecule has 2 heterocycles. The summed E-state index contributed by atoms with van der Waals surface area (Å²) in [5, 5.41) is 0.556. The number of anilines is 1. The summed E-state index contributed by atoms with van der Waals surface area (Å²) >= 11 is 6.05. The molecule has 1 saturated heterocycles. The van der Waals surface area contributed by atoms with Crippen molar-refractivity contribution in [3.8, 4) is 0 Å². The van der Waals surface area contributed by atoms with Crippen molar-refractivity contribution in [1.82, 2.24) is 14.9 Å². The Balaban J connectivity index is 1.56. The molecular weight excluding hydrogens is 427 g/mol. The van der Waals surface area contributed by atoms with E-state index < -0.39 is 0 Å². The van der Waals surface area contributed by atoms with Crippen LogP contribution >= 0.6 is 11.6 Å². The van der Waals surface area contributed by atoms with E-state index in [1.165, 1.54) is 6.07 Å². The van der Waals surface area contributed by atoms with Crippen molar-refractivity contribution in [2.24, 2.45) is 0 Å². The number of carbonyl (C=O) groups excluding carboxylic acids is 1. The summed E-state index contributed by atoms with van der Waals surface area (Å²) in [5.74, 6) is 1.34. The third-order valence-corrected chi connectivity index (χ3v) is 5.96.